The van der Waals surface area contributed by atoms with Crippen LogP contribution in [0.15, 0.2) is 52.9 Å². The van der Waals surface area contributed by atoms with Gasteiger partial charge in [0, 0.05) is 37.3 Å². The van der Waals surface area contributed by atoms with Crippen molar-refractivity contribution >= 4 is 5.91 Å². The number of nitrogens with one attached hydrogen (secondary N) is 1. The Labute approximate surface area is 181 Å². The van der Waals surface area contributed by atoms with Crippen molar-refractivity contribution in [3.63, 3.8) is 0 Å². The third-order valence-corrected chi connectivity index (χ3v) is 5.40. The normalized spacial score (nSPS) is 14.5. The van der Waals surface area contributed by atoms with E-state index in [-0.39, 0.29) is 12.5 Å². The van der Waals surface area contributed by atoms with Crippen LogP contribution in [-0.2, 0) is 11.3 Å². The maximum absolute atomic E-state index is 13.1. The number of hydrogen-bond acceptors (Lipinski definition) is 6. The molecule has 1 aliphatic heterocycles. The summed E-state index contributed by atoms with van der Waals surface area (Å²) in [6.45, 7) is 6.17. The van der Waals surface area contributed by atoms with E-state index in [1.54, 1.807) is 12.1 Å². The first kappa shape index (κ1) is 21.2. The monoisotopic (exact) mass is 421 g/mol. The molecular weight excluding hydrogens is 394 g/mol. The van der Waals surface area contributed by atoms with Crippen LogP contribution < -0.4 is 5.32 Å². The molecule has 3 heterocycles. The van der Waals surface area contributed by atoms with Gasteiger partial charge in [-0.05, 0) is 25.1 Å². The summed E-state index contributed by atoms with van der Waals surface area (Å²) in [6, 6.07) is 15.2. The molecule has 1 amide bonds. The second-order valence-electron chi connectivity index (χ2n) is 7.52. The minimum atomic E-state index is -0.198. The fourth-order valence-electron chi connectivity index (χ4n) is 3.76. The molecular formula is C24H27N3O4. The summed E-state index contributed by atoms with van der Waals surface area (Å²) in [7, 11) is 0. The van der Waals surface area contributed by atoms with E-state index >= 15 is 0 Å². The molecule has 0 radical (unpaired) electrons. The summed E-state index contributed by atoms with van der Waals surface area (Å²) in [6.07, 6.45) is 0. The van der Waals surface area contributed by atoms with Gasteiger partial charge < -0.3 is 19.6 Å². The van der Waals surface area contributed by atoms with Crippen LogP contribution in [0.2, 0.25) is 0 Å². The van der Waals surface area contributed by atoms with E-state index in [1.165, 1.54) is 0 Å². The topological polar surface area (TPSA) is 87.8 Å². The zero-order valence-electron chi connectivity index (χ0n) is 17.6. The number of amides is 1. The van der Waals surface area contributed by atoms with Gasteiger partial charge in [0.2, 0.25) is 0 Å². The van der Waals surface area contributed by atoms with Gasteiger partial charge in [0.1, 0.15) is 18.1 Å². The molecule has 0 aliphatic carbocycles. The Hall–Kier alpha value is -3.00. The lowest BCUT2D eigenvalue weighted by molar-refractivity contribution is 0.0383. The number of aromatic nitrogens is 1. The molecule has 0 atom stereocenters. The highest BCUT2D eigenvalue weighted by Crippen LogP contribution is 2.31. The first-order valence-corrected chi connectivity index (χ1v) is 10.5. The average molecular weight is 421 g/mol. The molecule has 0 spiro atoms. The molecule has 31 heavy (non-hydrogen) atoms. The number of nitrogens with zero attached hydrogens (tertiary/aromatic N) is 2. The van der Waals surface area contributed by atoms with Gasteiger partial charge in [-0.15, -0.1) is 0 Å². The first-order valence-electron chi connectivity index (χ1n) is 10.5. The fourth-order valence-corrected chi connectivity index (χ4v) is 3.76. The van der Waals surface area contributed by atoms with E-state index < -0.39 is 0 Å². The number of rotatable bonds is 7. The highest BCUT2D eigenvalue weighted by molar-refractivity contribution is 6.02. The maximum atomic E-state index is 13.1. The van der Waals surface area contributed by atoms with E-state index in [1.807, 2.05) is 43.3 Å². The Morgan fingerprint density at radius 2 is 1.94 bits per heavy atom. The second-order valence-corrected chi connectivity index (χ2v) is 7.52. The highest BCUT2D eigenvalue weighted by atomic mass is 16.5. The van der Waals surface area contributed by atoms with Crippen molar-refractivity contribution in [1.82, 2.24) is 15.2 Å². The highest BCUT2D eigenvalue weighted by Gasteiger charge is 2.21. The summed E-state index contributed by atoms with van der Waals surface area (Å²) in [5, 5.41) is 12.4. The van der Waals surface area contributed by atoms with Crippen molar-refractivity contribution in [3.05, 3.63) is 65.5 Å². The molecule has 1 saturated heterocycles. The summed E-state index contributed by atoms with van der Waals surface area (Å²) >= 11 is 0. The molecule has 1 aliphatic rings. The van der Waals surface area contributed by atoms with Crippen molar-refractivity contribution in [2.75, 3.05) is 39.4 Å². The van der Waals surface area contributed by atoms with Crippen molar-refractivity contribution < 1.29 is 19.1 Å². The lowest BCUT2D eigenvalue weighted by Crippen LogP contribution is -2.41. The number of pyridine rings is 1. The van der Waals surface area contributed by atoms with E-state index in [2.05, 4.69) is 10.2 Å². The Morgan fingerprint density at radius 1 is 1.16 bits per heavy atom. The van der Waals surface area contributed by atoms with Crippen LogP contribution in [0.3, 0.4) is 0 Å². The van der Waals surface area contributed by atoms with Gasteiger partial charge in [0.15, 0.2) is 0 Å². The molecule has 2 N–H and O–H groups in total. The lowest BCUT2D eigenvalue weighted by atomic mass is 10.00. The van der Waals surface area contributed by atoms with Crippen LogP contribution in [0.1, 0.15) is 21.8 Å². The quantitative estimate of drug-likeness (QED) is 0.610. The fraction of sp³-hybridized carbons (Fsp3) is 0.333. The minimum Gasteiger partial charge on any atom is -0.459 e. The van der Waals surface area contributed by atoms with Crippen LogP contribution in [0, 0.1) is 6.92 Å². The maximum Gasteiger partial charge on any atom is 0.253 e. The average Bonchev–Trinajstić information content (AvgIpc) is 3.29. The van der Waals surface area contributed by atoms with Gasteiger partial charge in [-0.1, -0.05) is 30.3 Å². The number of aliphatic hydroxyl groups is 1. The van der Waals surface area contributed by atoms with Crippen molar-refractivity contribution in [3.8, 4) is 22.6 Å². The SMILES string of the molecule is Cc1nc(-c2ccccc2)cc(-c2ccc(CO)o2)c1C(=O)NCCN1CCOCC1. The van der Waals surface area contributed by atoms with E-state index in [4.69, 9.17) is 14.1 Å². The third-order valence-electron chi connectivity index (χ3n) is 5.40. The predicted octanol–water partition coefficient (Wildman–Crippen LogP) is 2.87. The number of ether oxygens (including phenoxy) is 1. The van der Waals surface area contributed by atoms with Gasteiger partial charge >= 0.3 is 0 Å². The lowest BCUT2D eigenvalue weighted by Gasteiger charge is -2.26. The number of furan rings is 1. The number of hydrogen-bond donors (Lipinski definition) is 2. The standard InChI is InChI=1S/C24H27N3O4/c1-17-23(24(29)25-9-10-27-11-13-30-14-12-27)20(22-8-7-19(16-28)31-22)15-21(26-17)18-5-3-2-4-6-18/h2-8,15,28H,9-14,16H2,1H3,(H,25,29). The predicted molar refractivity (Wildman–Crippen MR) is 118 cm³/mol. The largest absolute Gasteiger partial charge is 0.459 e. The molecule has 0 unspecified atom stereocenters. The number of carbonyl (C=O) groups is 1. The van der Waals surface area contributed by atoms with Gasteiger partial charge in [0.25, 0.3) is 5.91 Å². The summed E-state index contributed by atoms with van der Waals surface area (Å²) in [4.78, 5) is 20.1. The number of benzene rings is 1. The van der Waals surface area contributed by atoms with Gasteiger partial charge in [0.05, 0.1) is 30.2 Å². The van der Waals surface area contributed by atoms with Crippen LogP contribution >= 0.6 is 0 Å². The second kappa shape index (κ2) is 9.87. The number of aliphatic hydroxyl groups excluding tert-OH is 1. The molecule has 0 bridgehead atoms. The van der Waals surface area contributed by atoms with Gasteiger partial charge in [-0.3, -0.25) is 14.7 Å². The van der Waals surface area contributed by atoms with Crippen LogP contribution in [0.4, 0.5) is 0 Å². The Kier molecular flexibility index (Phi) is 6.76. The molecule has 0 saturated carbocycles. The van der Waals surface area contributed by atoms with E-state index in [0.29, 0.717) is 34.9 Å². The van der Waals surface area contributed by atoms with Crippen LogP contribution in [-0.4, -0.2) is 60.3 Å². The van der Waals surface area contributed by atoms with Crippen molar-refractivity contribution in [2.24, 2.45) is 0 Å². The molecule has 3 aromatic rings. The zero-order chi connectivity index (χ0) is 21.6. The van der Waals surface area contributed by atoms with Gasteiger partial charge in [-0.25, -0.2) is 0 Å². The number of aryl methyl sites for hydroxylation is 1. The van der Waals surface area contributed by atoms with E-state index in [0.717, 1.165) is 44.1 Å². The van der Waals surface area contributed by atoms with Crippen LogP contribution in [0.25, 0.3) is 22.6 Å². The molecule has 7 heteroatoms. The summed E-state index contributed by atoms with van der Waals surface area (Å²) in [5.74, 6) is 0.796. The summed E-state index contributed by atoms with van der Waals surface area (Å²) < 4.78 is 11.1. The number of carbonyl (C=O) groups excluding carboxylic acids is 1. The molecule has 162 valence electrons. The molecule has 7 nitrogen and oxygen atoms in total. The third kappa shape index (κ3) is 5.02. The minimum absolute atomic E-state index is 0.185. The first-order chi connectivity index (χ1) is 15.2. The molecule has 1 fully saturated rings. The van der Waals surface area contributed by atoms with Gasteiger partial charge in [-0.2, -0.15) is 0 Å². The van der Waals surface area contributed by atoms with Crippen molar-refractivity contribution in [1.29, 1.82) is 0 Å². The Morgan fingerprint density at radius 3 is 2.65 bits per heavy atom. The van der Waals surface area contributed by atoms with Crippen molar-refractivity contribution in [2.45, 2.75) is 13.5 Å². The van der Waals surface area contributed by atoms with E-state index in [9.17, 15) is 9.90 Å². The molecule has 4 rings (SSSR count). The Bertz CT molecular complexity index is 1030. The van der Waals surface area contributed by atoms with Crippen LogP contribution in [0.5, 0.6) is 0 Å². The number of morpholine rings is 1. The molecule has 1 aromatic carbocycles. The summed E-state index contributed by atoms with van der Waals surface area (Å²) in [5.41, 5.74) is 3.50. The molecule has 2 aromatic heterocycles. The Balaban J connectivity index is 1.62. The zero-order valence-corrected chi connectivity index (χ0v) is 17.6. The smallest absolute Gasteiger partial charge is 0.253 e.